The highest BCUT2D eigenvalue weighted by Crippen LogP contribution is 2.18. The van der Waals surface area contributed by atoms with Gasteiger partial charge in [-0.2, -0.15) is 0 Å². The van der Waals surface area contributed by atoms with Gasteiger partial charge in [0.05, 0.1) is 5.75 Å². The van der Waals surface area contributed by atoms with Gasteiger partial charge in [0.1, 0.15) is 11.5 Å². The quantitative estimate of drug-likeness (QED) is 0.469. The molecule has 3 heterocycles. The molecule has 4 aromatic rings. The van der Waals surface area contributed by atoms with Gasteiger partial charge >= 0.3 is 0 Å². The normalized spacial score (nSPS) is 11.1. The van der Waals surface area contributed by atoms with Gasteiger partial charge in [0.25, 0.3) is 5.56 Å². The molecule has 0 radical (unpaired) electrons. The zero-order chi connectivity index (χ0) is 22.0. The Balaban J connectivity index is 1.46. The van der Waals surface area contributed by atoms with Gasteiger partial charge in [-0.1, -0.05) is 35.5 Å². The number of aromatic nitrogens is 5. The Labute approximate surface area is 183 Å². The first-order valence-electron chi connectivity index (χ1n) is 9.77. The molecule has 1 amide bonds. The average Bonchev–Trinajstić information content (AvgIpc) is 3.10. The van der Waals surface area contributed by atoms with E-state index in [1.165, 1.54) is 16.2 Å². The predicted octanol–water partition coefficient (Wildman–Crippen LogP) is 2.76. The number of rotatable bonds is 6. The van der Waals surface area contributed by atoms with Crippen LogP contribution in [0.5, 0.6) is 0 Å². The topological polar surface area (TPSA) is 94.2 Å². The van der Waals surface area contributed by atoms with E-state index in [-0.39, 0.29) is 17.2 Å². The van der Waals surface area contributed by atoms with Crippen molar-refractivity contribution in [2.24, 2.45) is 7.05 Å². The molecule has 0 saturated heterocycles. The molecule has 8 nitrogen and oxygen atoms in total. The largest absolute Gasteiger partial charge is 0.325 e. The molecule has 9 heteroatoms. The molecule has 3 aromatic heterocycles. The summed E-state index contributed by atoms with van der Waals surface area (Å²) in [6, 6.07) is 13.1. The highest BCUT2D eigenvalue weighted by molar-refractivity contribution is 7.99. The Hall–Kier alpha value is -3.46. The Morgan fingerprint density at radius 2 is 1.87 bits per heavy atom. The number of nitrogens with zero attached hydrogens (tertiary/aromatic N) is 5. The fraction of sp³-hybridized carbons (Fsp3) is 0.227. The molecule has 0 spiro atoms. The summed E-state index contributed by atoms with van der Waals surface area (Å²) in [5, 5.41) is 11.9. The van der Waals surface area contributed by atoms with Crippen LogP contribution in [-0.4, -0.2) is 35.8 Å². The van der Waals surface area contributed by atoms with Gasteiger partial charge in [0.2, 0.25) is 5.91 Å². The summed E-state index contributed by atoms with van der Waals surface area (Å²) in [5.41, 5.74) is 3.64. The third kappa shape index (κ3) is 4.51. The standard InChI is InChI=1S/C22H22N6O2S/c1-14-7-9-16(10-8-14)24-20(29)13-31-22-26-25-19(27(22)3)12-17-15(2)23-18-6-4-5-11-28(18)21(17)30/h4-11H,12-13H2,1-3H3,(H,24,29). The lowest BCUT2D eigenvalue weighted by molar-refractivity contribution is -0.113. The summed E-state index contributed by atoms with van der Waals surface area (Å²) < 4.78 is 3.34. The molecule has 31 heavy (non-hydrogen) atoms. The van der Waals surface area contributed by atoms with Gasteiger partial charge in [-0.15, -0.1) is 10.2 Å². The van der Waals surface area contributed by atoms with Crippen molar-refractivity contribution in [1.29, 1.82) is 0 Å². The summed E-state index contributed by atoms with van der Waals surface area (Å²) in [7, 11) is 1.83. The van der Waals surface area contributed by atoms with Gasteiger partial charge in [-0.25, -0.2) is 4.98 Å². The number of pyridine rings is 1. The van der Waals surface area contributed by atoms with E-state index in [1.54, 1.807) is 18.3 Å². The Morgan fingerprint density at radius 3 is 2.65 bits per heavy atom. The van der Waals surface area contributed by atoms with Gasteiger partial charge in [0, 0.05) is 36.6 Å². The van der Waals surface area contributed by atoms with Crippen molar-refractivity contribution in [3.05, 3.63) is 81.7 Å². The number of fused-ring (bicyclic) bond motifs is 1. The molecule has 0 unspecified atom stereocenters. The van der Waals surface area contributed by atoms with Crippen LogP contribution in [0.4, 0.5) is 5.69 Å². The minimum Gasteiger partial charge on any atom is -0.325 e. The summed E-state index contributed by atoms with van der Waals surface area (Å²) in [4.78, 5) is 29.7. The van der Waals surface area contributed by atoms with Crippen LogP contribution >= 0.6 is 11.8 Å². The third-order valence-electron chi connectivity index (χ3n) is 4.96. The molecule has 1 aromatic carbocycles. The van der Waals surface area contributed by atoms with E-state index in [4.69, 9.17) is 0 Å². The number of thioether (sulfide) groups is 1. The maximum atomic E-state index is 12.9. The first-order valence-corrected chi connectivity index (χ1v) is 10.8. The minimum absolute atomic E-state index is 0.113. The van der Waals surface area contributed by atoms with Crippen LogP contribution in [0.2, 0.25) is 0 Å². The Bertz CT molecular complexity index is 1310. The van der Waals surface area contributed by atoms with E-state index >= 15 is 0 Å². The number of nitrogens with one attached hydrogen (secondary N) is 1. The molecular formula is C22H22N6O2S. The fourth-order valence-corrected chi connectivity index (χ4v) is 3.92. The lowest BCUT2D eigenvalue weighted by Crippen LogP contribution is -2.22. The number of carbonyl (C=O) groups excluding carboxylic acids is 1. The molecule has 0 aliphatic heterocycles. The van der Waals surface area contributed by atoms with Crippen LogP contribution < -0.4 is 10.9 Å². The highest BCUT2D eigenvalue weighted by atomic mass is 32.2. The van der Waals surface area contributed by atoms with Crippen molar-refractivity contribution in [3.63, 3.8) is 0 Å². The van der Waals surface area contributed by atoms with Crippen LogP contribution in [0.3, 0.4) is 0 Å². The van der Waals surface area contributed by atoms with E-state index in [9.17, 15) is 9.59 Å². The number of carbonyl (C=O) groups is 1. The first-order chi connectivity index (χ1) is 14.9. The zero-order valence-corrected chi connectivity index (χ0v) is 18.3. The molecule has 0 saturated carbocycles. The van der Waals surface area contributed by atoms with Gasteiger partial charge in [0.15, 0.2) is 5.16 Å². The van der Waals surface area contributed by atoms with Crippen LogP contribution in [0, 0.1) is 13.8 Å². The summed E-state index contributed by atoms with van der Waals surface area (Å²) in [5.74, 6) is 0.726. The number of benzene rings is 1. The van der Waals surface area contributed by atoms with Gasteiger partial charge in [-0.3, -0.25) is 14.0 Å². The van der Waals surface area contributed by atoms with Crippen molar-refractivity contribution >= 4 is 29.0 Å². The minimum atomic E-state index is -0.119. The van der Waals surface area contributed by atoms with E-state index in [1.807, 2.05) is 55.8 Å². The Morgan fingerprint density at radius 1 is 1.10 bits per heavy atom. The first kappa shape index (κ1) is 20.8. The van der Waals surface area contributed by atoms with Crippen LogP contribution in [0.1, 0.15) is 22.6 Å². The monoisotopic (exact) mass is 434 g/mol. The smallest absolute Gasteiger partial charge is 0.261 e. The van der Waals surface area contributed by atoms with Crippen molar-refractivity contribution in [2.75, 3.05) is 11.1 Å². The number of hydrogen-bond acceptors (Lipinski definition) is 6. The molecule has 0 aliphatic carbocycles. The SMILES string of the molecule is Cc1ccc(NC(=O)CSc2nnc(Cc3c(C)nc4ccccn4c3=O)n2C)cc1. The summed E-state index contributed by atoms with van der Waals surface area (Å²) in [6.45, 7) is 3.82. The predicted molar refractivity (Wildman–Crippen MR) is 121 cm³/mol. The van der Waals surface area contributed by atoms with Gasteiger partial charge < -0.3 is 9.88 Å². The van der Waals surface area contributed by atoms with Crippen molar-refractivity contribution in [2.45, 2.75) is 25.4 Å². The molecule has 0 atom stereocenters. The molecular weight excluding hydrogens is 412 g/mol. The lowest BCUT2D eigenvalue weighted by Gasteiger charge is -2.08. The Kier molecular flexibility index (Phi) is 5.85. The molecule has 0 bridgehead atoms. The molecule has 0 aliphatic rings. The number of hydrogen-bond donors (Lipinski definition) is 1. The average molecular weight is 435 g/mol. The second-order valence-electron chi connectivity index (χ2n) is 7.25. The van der Waals surface area contributed by atoms with E-state index in [2.05, 4.69) is 20.5 Å². The van der Waals surface area contributed by atoms with Crippen LogP contribution in [0.25, 0.3) is 5.65 Å². The van der Waals surface area contributed by atoms with E-state index in [0.29, 0.717) is 34.3 Å². The highest BCUT2D eigenvalue weighted by Gasteiger charge is 2.16. The maximum Gasteiger partial charge on any atom is 0.261 e. The lowest BCUT2D eigenvalue weighted by atomic mass is 10.1. The van der Waals surface area contributed by atoms with Gasteiger partial charge in [-0.05, 0) is 38.1 Å². The van der Waals surface area contributed by atoms with Crippen molar-refractivity contribution < 1.29 is 4.79 Å². The second kappa shape index (κ2) is 8.73. The molecule has 158 valence electrons. The number of anilines is 1. The molecule has 1 N–H and O–H groups in total. The zero-order valence-electron chi connectivity index (χ0n) is 17.5. The van der Waals surface area contributed by atoms with E-state index in [0.717, 1.165) is 11.3 Å². The summed E-state index contributed by atoms with van der Waals surface area (Å²) in [6.07, 6.45) is 2.02. The van der Waals surface area contributed by atoms with Crippen molar-refractivity contribution in [1.82, 2.24) is 24.1 Å². The maximum absolute atomic E-state index is 12.9. The second-order valence-corrected chi connectivity index (χ2v) is 8.19. The number of aryl methyl sites for hydroxylation is 2. The van der Waals surface area contributed by atoms with Crippen LogP contribution in [0.15, 0.2) is 58.6 Å². The van der Waals surface area contributed by atoms with Crippen molar-refractivity contribution in [3.8, 4) is 0 Å². The number of amides is 1. The van der Waals surface area contributed by atoms with E-state index < -0.39 is 0 Å². The molecule has 0 fully saturated rings. The summed E-state index contributed by atoms with van der Waals surface area (Å²) >= 11 is 1.30. The van der Waals surface area contributed by atoms with Crippen LogP contribution in [-0.2, 0) is 18.3 Å². The third-order valence-corrected chi connectivity index (χ3v) is 5.98. The molecule has 4 rings (SSSR count). The fourth-order valence-electron chi connectivity index (χ4n) is 3.19.